The van der Waals surface area contributed by atoms with Crippen molar-refractivity contribution in [3.8, 4) is 0 Å². The molecule has 2 amide bonds. The van der Waals surface area contributed by atoms with Crippen LogP contribution < -0.4 is 16.4 Å². The highest BCUT2D eigenvalue weighted by molar-refractivity contribution is 5.90. The van der Waals surface area contributed by atoms with Crippen molar-refractivity contribution in [2.45, 2.75) is 51.6 Å². The van der Waals surface area contributed by atoms with Gasteiger partial charge in [-0.25, -0.2) is 0 Å². The molecule has 0 saturated heterocycles. The van der Waals surface area contributed by atoms with E-state index < -0.39 is 6.04 Å². The highest BCUT2D eigenvalue weighted by atomic mass is 16.2. The van der Waals surface area contributed by atoms with Crippen LogP contribution >= 0.6 is 0 Å². The molecule has 1 aliphatic rings. The molecule has 3 rings (SSSR count). The molecule has 1 aliphatic carbocycles. The van der Waals surface area contributed by atoms with E-state index in [1.807, 2.05) is 50.2 Å². The molecular formula is C23H31N3O2. The smallest absolute Gasteiger partial charge is 0.243 e. The molecule has 2 aromatic rings. The number of carbonyl (C=O) groups excluding carboxylic acids is 2. The first-order chi connectivity index (χ1) is 13.5. The van der Waals surface area contributed by atoms with E-state index in [2.05, 4.69) is 16.7 Å². The summed E-state index contributed by atoms with van der Waals surface area (Å²) in [5.41, 5.74) is 6.76. The lowest BCUT2D eigenvalue weighted by molar-refractivity contribution is -0.130. The van der Waals surface area contributed by atoms with Gasteiger partial charge in [0.15, 0.2) is 0 Å². The van der Waals surface area contributed by atoms with Gasteiger partial charge in [-0.15, -0.1) is 0 Å². The van der Waals surface area contributed by atoms with Crippen LogP contribution in [0, 0.1) is 11.8 Å². The van der Waals surface area contributed by atoms with Crippen LogP contribution in [0.5, 0.6) is 0 Å². The summed E-state index contributed by atoms with van der Waals surface area (Å²) in [6.07, 6.45) is 3.37. The molecule has 1 fully saturated rings. The van der Waals surface area contributed by atoms with Crippen LogP contribution in [0.4, 0.5) is 0 Å². The van der Waals surface area contributed by atoms with Crippen LogP contribution in [0.3, 0.4) is 0 Å². The van der Waals surface area contributed by atoms with Gasteiger partial charge in [-0.2, -0.15) is 0 Å². The lowest BCUT2D eigenvalue weighted by Crippen LogP contribution is -2.53. The Morgan fingerprint density at radius 3 is 2.57 bits per heavy atom. The second-order valence-electron chi connectivity index (χ2n) is 8.19. The zero-order valence-electron chi connectivity index (χ0n) is 16.8. The first-order valence-corrected chi connectivity index (χ1v) is 10.3. The molecule has 150 valence electrons. The number of nitrogens with one attached hydrogen (secondary N) is 2. The van der Waals surface area contributed by atoms with Crippen LogP contribution in [0.2, 0.25) is 0 Å². The summed E-state index contributed by atoms with van der Waals surface area (Å²) >= 11 is 0. The second-order valence-corrected chi connectivity index (χ2v) is 8.19. The van der Waals surface area contributed by atoms with Gasteiger partial charge >= 0.3 is 0 Å². The first kappa shape index (κ1) is 20.3. The fourth-order valence-electron chi connectivity index (χ4n) is 4.08. The maximum atomic E-state index is 12.8. The standard InChI is InChI=1S/C23H31N3O2/c1-15(2)22(23(28)25-20-9-5-8-19(20)14-24)26-21(27)13-16-10-11-17-6-3-4-7-18(17)12-16/h3-4,6-7,10-12,15,19-20,22H,5,8-9,13-14,24H2,1-2H3,(H,25,28)(H,26,27). The average Bonchev–Trinajstić information content (AvgIpc) is 3.12. The van der Waals surface area contributed by atoms with Gasteiger partial charge < -0.3 is 16.4 Å². The Balaban J connectivity index is 1.62. The van der Waals surface area contributed by atoms with Crippen molar-refractivity contribution in [1.29, 1.82) is 0 Å². The summed E-state index contributed by atoms with van der Waals surface area (Å²) in [5.74, 6) is 0.112. The van der Waals surface area contributed by atoms with E-state index in [4.69, 9.17) is 5.73 Å². The Hall–Kier alpha value is -2.40. The zero-order valence-corrected chi connectivity index (χ0v) is 16.8. The van der Waals surface area contributed by atoms with Crippen molar-refractivity contribution < 1.29 is 9.59 Å². The maximum absolute atomic E-state index is 12.8. The van der Waals surface area contributed by atoms with Crippen LogP contribution in [-0.2, 0) is 16.0 Å². The lowest BCUT2D eigenvalue weighted by atomic mass is 9.99. The zero-order chi connectivity index (χ0) is 20.1. The average molecular weight is 382 g/mol. The van der Waals surface area contributed by atoms with Gasteiger partial charge in [0.1, 0.15) is 6.04 Å². The molecule has 28 heavy (non-hydrogen) atoms. The molecule has 1 saturated carbocycles. The number of hydrogen-bond donors (Lipinski definition) is 3. The molecule has 4 N–H and O–H groups in total. The largest absolute Gasteiger partial charge is 0.351 e. The van der Waals surface area contributed by atoms with Gasteiger partial charge in [0.2, 0.25) is 11.8 Å². The Morgan fingerprint density at radius 2 is 1.86 bits per heavy atom. The van der Waals surface area contributed by atoms with Crippen LogP contribution in [-0.4, -0.2) is 30.4 Å². The molecule has 0 heterocycles. The van der Waals surface area contributed by atoms with E-state index in [-0.39, 0.29) is 30.2 Å². The highest BCUT2D eigenvalue weighted by Gasteiger charge is 2.31. The van der Waals surface area contributed by atoms with E-state index >= 15 is 0 Å². The molecular weight excluding hydrogens is 350 g/mol. The Labute approximate surface area is 167 Å². The fraction of sp³-hybridized carbons (Fsp3) is 0.478. The molecule has 2 aromatic carbocycles. The van der Waals surface area contributed by atoms with Gasteiger partial charge in [-0.1, -0.05) is 62.7 Å². The molecule has 3 atom stereocenters. The van der Waals surface area contributed by atoms with Gasteiger partial charge in [0.05, 0.1) is 6.42 Å². The van der Waals surface area contributed by atoms with Crippen LogP contribution in [0.25, 0.3) is 10.8 Å². The summed E-state index contributed by atoms with van der Waals surface area (Å²) in [4.78, 5) is 25.4. The minimum Gasteiger partial charge on any atom is -0.351 e. The number of carbonyl (C=O) groups is 2. The van der Waals surface area contributed by atoms with Crippen LogP contribution in [0.1, 0.15) is 38.7 Å². The first-order valence-electron chi connectivity index (χ1n) is 10.3. The lowest BCUT2D eigenvalue weighted by Gasteiger charge is -2.26. The summed E-state index contributed by atoms with van der Waals surface area (Å²) < 4.78 is 0. The van der Waals surface area contributed by atoms with E-state index in [1.165, 1.54) is 0 Å². The molecule has 0 bridgehead atoms. The van der Waals surface area contributed by atoms with Crippen molar-refractivity contribution >= 4 is 22.6 Å². The monoisotopic (exact) mass is 381 g/mol. The highest BCUT2D eigenvalue weighted by Crippen LogP contribution is 2.25. The third-order valence-corrected chi connectivity index (χ3v) is 5.73. The quantitative estimate of drug-likeness (QED) is 0.689. The summed E-state index contributed by atoms with van der Waals surface area (Å²) in [6.45, 7) is 4.50. The minimum absolute atomic E-state index is 0.0123. The molecule has 0 aromatic heterocycles. The van der Waals surface area contributed by atoms with E-state index in [1.54, 1.807) is 0 Å². The van der Waals surface area contributed by atoms with Crippen molar-refractivity contribution in [3.05, 3.63) is 48.0 Å². The van der Waals surface area contributed by atoms with Gasteiger partial charge in [-0.05, 0) is 47.6 Å². The van der Waals surface area contributed by atoms with Gasteiger partial charge in [0, 0.05) is 6.04 Å². The molecule has 0 radical (unpaired) electrons. The Bertz CT molecular complexity index is 833. The van der Waals surface area contributed by atoms with E-state index in [0.717, 1.165) is 35.6 Å². The van der Waals surface area contributed by atoms with Crippen molar-refractivity contribution in [1.82, 2.24) is 10.6 Å². The fourth-order valence-corrected chi connectivity index (χ4v) is 4.08. The number of rotatable bonds is 7. The summed E-state index contributed by atoms with van der Waals surface area (Å²) in [7, 11) is 0. The number of nitrogens with two attached hydrogens (primary N) is 1. The molecule has 5 nitrogen and oxygen atoms in total. The Morgan fingerprint density at radius 1 is 1.11 bits per heavy atom. The van der Waals surface area contributed by atoms with E-state index in [0.29, 0.717) is 12.5 Å². The molecule has 3 unspecified atom stereocenters. The Kier molecular flexibility index (Phi) is 6.68. The summed E-state index contributed by atoms with van der Waals surface area (Å²) in [6, 6.07) is 13.7. The van der Waals surface area contributed by atoms with Gasteiger partial charge in [-0.3, -0.25) is 9.59 Å². The van der Waals surface area contributed by atoms with Crippen LogP contribution in [0.15, 0.2) is 42.5 Å². The van der Waals surface area contributed by atoms with Crippen molar-refractivity contribution in [2.75, 3.05) is 6.54 Å². The maximum Gasteiger partial charge on any atom is 0.243 e. The van der Waals surface area contributed by atoms with Crippen molar-refractivity contribution in [2.24, 2.45) is 17.6 Å². The second kappa shape index (κ2) is 9.20. The van der Waals surface area contributed by atoms with Crippen molar-refractivity contribution in [3.63, 3.8) is 0 Å². The third kappa shape index (κ3) is 4.90. The predicted molar refractivity (Wildman–Crippen MR) is 113 cm³/mol. The predicted octanol–water partition coefficient (Wildman–Crippen LogP) is 2.77. The molecule has 5 heteroatoms. The van der Waals surface area contributed by atoms with Gasteiger partial charge in [0.25, 0.3) is 0 Å². The van der Waals surface area contributed by atoms with E-state index in [9.17, 15) is 9.59 Å². The summed E-state index contributed by atoms with van der Waals surface area (Å²) in [5, 5.41) is 8.32. The molecule has 0 spiro atoms. The normalized spacial score (nSPS) is 20.3. The number of fused-ring (bicyclic) bond motifs is 1. The third-order valence-electron chi connectivity index (χ3n) is 5.73. The number of hydrogen-bond acceptors (Lipinski definition) is 3. The topological polar surface area (TPSA) is 84.2 Å². The minimum atomic E-state index is -0.535. The SMILES string of the molecule is CC(C)C(NC(=O)Cc1ccc2ccccc2c1)C(=O)NC1CCCC1CN. The molecule has 0 aliphatic heterocycles. The number of amides is 2. The number of benzene rings is 2.